The van der Waals surface area contributed by atoms with Crippen LogP contribution in [0.2, 0.25) is 5.02 Å². The van der Waals surface area contributed by atoms with Gasteiger partial charge in [0.05, 0.1) is 5.92 Å². The molecule has 1 aromatic carbocycles. The number of hydrogen-bond donors (Lipinski definition) is 1. The van der Waals surface area contributed by atoms with Crippen LogP contribution < -0.4 is 5.32 Å². The lowest BCUT2D eigenvalue weighted by molar-refractivity contribution is -0.131. The molecule has 5 heteroatoms. The molecule has 1 saturated heterocycles. The van der Waals surface area contributed by atoms with Gasteiger partial charge in [0.15, 0.2) is 0 Å². The quantitative estimate of drug-likeness (QED) is 0.905. The van der Waals surface area contributed by atoms with Gasteiger partial charge in [-0.05, 0) is 43.4 Å². The summed E-state index contributed by atoms with van der Waals surface area (Å²) in [6, 6.07) is 8.02. The van der Waals surface area contributed by atoms with Crippen molar-refractivity contribution < 1.29 is 9.59 Å². The van der Waals surface area contributed by atoms with Crippen LogP contribution in [0.15, 0.2) is 24.3 Å². The van der Waals surface area contributed by atoms with Crippen LogP contribution in [0.4, 0.5) is 0 Å². The Kier molecular flexibility index (Phi) is 4.67. The number of carbonyl (C=O) groups excluding carboxylic acids is 2. The molecule has 4 nitrogen and oxygen atoms in total. The van der Waals surface area contributed by atoms with E-state index in [-0.39, 0.29) is 17.7 Å². The van der Waals surface area contributed by atoms with E-state index in [2.05, 4.69) is 5.32 Å². The minimum Gasteiger partial charge on any atom is -0.355 e. The van der Waals surface area contributed by atoms with Crippen LogP contribution in [0.1, 0.15) is 31.2 Å². The number of benzene rings is 1. The summed E-state index contributed by atoms with van der Waals surface area (Å²) in [6.45, 7) is 1.19. The molecule has 2 amide bonds. The van der Waals surface area contributed by atoms with Crippen molar-refractivity contribution in [1.82, 2.24) is 10.2 Å². The van der Waals surface area contributed by atoms with Gasteiger partial charge in [-0.2, -0.15) is 0 Å². The Balaban J connectivity index is 1.44. The molecule has 22 heavy (non-hydrogen) atoms. The maximum atomic E-state index is 12.2. The molecule has 1 atom stereocenters. The molecule has 0 spiro atoms. The molecule has 1 saturated carbocycles. The highest BCUT2D eigenvalue weighted by molar-refractivity contribution is 6.30. The number of amides is 2. The smallest absolute Gasteiger partial charge is 0.225 e. The predicted octanol–water partition coefficient (Wildman–Crippen LogP) is 2.40. The van der Waals surface area contributed by atoms with E-state index in [4.69, 9.17) is 11.6 Å². The first-order chi connectivity index (χ1) is 10.6. The van der Waals surface area contributed by atoms with E-state index in [0.717, 1.165) is 24.8 Å². The number of nitrogens with zero attached hydrogens (tertiary/aromatic N) is 1. The van der Waals surface area contributed by atoms with Crippen molar-refractivity contribution in [1.29, 1.82) is 0 Å². The van der Waals surface area contributed by atoms with Gasteiger partial charge in [0.1, 0.15) is 0 Å². The zero-order valence-electron chi connectivity index (χ0n) is 12.6. The molecule has 1 N–H and O–H groups in total. The number of halogens is 1. The van der Waals surface area contributed by atoms with Gasteiger partial charge in [0, 0.05) is 30.6 Å². The summed E-state index contributed by atoms with van der Waals surface area (Å²) in [5.74, 6) is -0.0370. The van der Waals surface area contributed by atoms with E-state index in [0.29, 0.717) is 30.6 Å². The highest BCUT2D eigenvalue weighted by Gasteiger charge is 2.39. The van der Waals surface area contributed by atoms with Crippen LogP contribution in [-0.4, -0.2) is 35.8 Å². The first kappa shape index (κ1) is 15.3. The lowest BCUT2D eigenvalue weighted by Gasteiger charge is -2.34. The van der Waals surface area contributed by atoms with E-state index in [1.807, 2.05) is 29.2 Å². The molecule has 1 unspecified atom stereocenters. The fourth-order valence-corrected chi connectivity index (χ4v) is 3.21. The van der Waals surface area contributed by atoms with Crippen LogP contribution in [0.3, 0.4) is 0 Å². The Bertz CT molecular complexity index is 554. The standard InChI is InChI=1S/C17H21ClN2O2/c18-14-6-4-12(5-7-14)8-9-19-17(22)13-10-16(21)20(11-13)15-2-1-3-15/h4-7,13,15H,1-3,8-11H2,(H,19,22). The predicted molar refractivity (Wildman–Crippen MR) is 85.6 cm³/mol. The lowest BCUT2D eigenvalue weighted by Crippen LogP contribution is -2.42. The van der Waals surface area contributed by atoms with Crippen molar-refractivity contribution in [3.63, 3.8) is 0 Å². The SMILES string of the molecule is O=C(NCCc1ccc(Cl)cc1)C1CC(=O)N(C2CCC2)C1. The van der Waals surface area contributed by atoms with E-state index in [9.17, 15) is 9.59 Å². The van der Waals surface area contributed by atoms with Crippen LogP contribution in [-0.2, 0) is 16.0 Å². The molecule has 2 aliphatic rings. The van der Waals surface area contributed by atoms with Gasteiger partial charge in [-0.1, -0.05) is 23.7 Å². The second-order valence-corrected chi connectivity index (χ2v) is 6.64. The van der Waals surface area contributed by atoms with Crippen molar-refractivity contribution in [2.75, 3.05) is 13.1 Å². The first-order valence-electron chi connectivity index (χ1n) is 7.95. The average Bonchev–Trinajstić information content (AvgIpc) is 2.81. The average molecular weight is 321 g/mol. The third kappa shape index (κ3) is 3.43. The summed E-state index contributed by atoms with van der Waals surface area (Å²) in [5, 5.41) is 3.67. The molecule has 1 heterocycles. The third-order valence-corrected chi connectivity index (χ3v) is 4.92. The molecular formula is C17H21ClN2O2. The summed E-state index contributed by atoms with van der Waals surface area (Å²) in [5.41, 5.74) is 1.14. The Hall–Kier alpha value is -1.55. The molecule has 0 bridgehead atoms. The van der Waals surface area contributed by atoms with E-state index in [1.54, 1.807) is 0 Å². The number of nitrogens with one attached hydrogen (secondary N) is 1. The summed E-state index contributed by atoms with van der Waals surface area (Å²) in [4.78, 5) is 26.1. The molecule has 3 rings (SSSR count). The number of hydrogen-bond acceptors (Lipinski definition) is 2. The van der Waals surface area contributed by atoms with Crippen LogP contribution in [0, 0.1) is 5.92 Å². The second-order valence-electron chi connectivity index (χ2n) is 6.20. The molecule has 0 radical (unpaired) electrons. The van der Waals surface area contributed by atoms with Crippen LogP contribution in [0.25, 0.3) is 0 Å². The molecular weight excluding hydrogens is 300 g/mol. The first-order valence-corrected chi connectivity index (χ1v) is 8.33. The monoisotopic (exact) mass is 320 g/mol. The molecule has 1 aliphatic carbocycles. The Morgan fingerprint density at radius 1 is 1.27 bits per heavy atom. The van der Waals surface area contributed by atoms with Crippen molar-refractivity contribution >= 4 is 23.4 Å². The normalized spacial score (nSPS) is 21.8. The lowest BCUT2D eigenvalue weighted by atomic mass is 9.92. The highest BCUT2D eigenvalue weighted by atomic mass is 35.5. The Morgan fingerprint density at radius 2 is 2.00 bits per heavy atom. The van der Waals surface area contributed by atoms with Gasteiger partial charge < -0.3 is 10.2 Å². The number of rotatable bonds is 5. The maximum Gasteiger partial charge on any atom is 0.225 e. The minimum atomic E-state index is -0.182. The molecule has 2 fully saturated rings. The topological polar surface area (TPSA) is 49.4 Å². The van der Waals surface area contributed by atoms with E-state index < -0.39 is 0 Å². The van der Waals surface area contributed by atoms with Crippen molar-refractivity contribution in [2.24, 2.45) is 5.92 Å². The van der Waals surface area contributed by atoms with Gasteiger partial charge in [-0.25, -0.2) is 0 Å². The van der Waals surface area contributed by atoms with Gasteiger partial charge >= 0.3 is 0 Å². The summed E-state index contributed by atoms with van der Waals surface area (Å²) >= 11 is 5.85. The fraction of sp³-hybridized carbons (Fsp3) is 0.529. The summed E-state index contributed by atoms with van der Waals surface area (Å²) < 4.78 is 0. The minimum absolute atomic E-state index is 0.00383. The second kappa shape index (κ2) is 6.69. The van der Waals surface area contributed by atoms with Crippen LogP contribution in [0.5, 0.6) is 0 Å². The Morgan fingerprint density at radius 3 is 2.64 bits per heavy atom. The van der Waals surface area contributed by atoms with E-state index >= 15 is 0 Å². The zero-order chi connectivity index (χ0) is 15.5. The summed E-state index contributed by atoms with van der Waals surface area (Å²) in [6.07, 6.45) is 4.53. The number of carbonyl (C=O) groups is 2. The Labute approximate surface area is 135 Å². The maximum absolute atomic E-state index is 12.2. The largest absolute Gasteiger partial charge is 0.355 e. The third-order valence-electron chi connectivity index (χ3n) is 4.67. The number of likely N-dealkylation sites (tertiary alicyclic amines) is 1. The van der Waals surface area contributed by atoms with Crippen molar-refractivity contribution in [2.45, 2.75) is 38.1 Å². The molecule has 1 aliphatic heterocycles. The molecule has 118 valence electrons. The molecule has 0 aromatic heterocycles. The van der Waals surface area contributed by atoms with Crippen LogP contribution >= 0.6 is 11.6 Å². The zero-order valence-corrected chi connectivity index (χ0v) is 13.3. The molecule has 1 aromatic rings. The van der Waals surface area contributed by atoms with Crippen molar-refractivity contribution in [3.05, 3.63) is 34.9 Å². The fourth-order valence-electron chi connectivity index (χ4n) is 3.08. The highest BCUT2D eigenvalue weighted by Crippen LogP contribution is 2.30. The van der Waals surface area contributed by atoms with Gasteiger partial charge in [-0.15, -0.1) is 0 Å². The van der Waals surface area contributed by atoms with Gasteiger partial charge in [0.25, 0.3) is 0 Å². The van der Waals surface area contributed by atoms with Gasteiger partial charge in [-0.3, -0.25) is 9.59 Å². The summed E-state index contributed by atoms with van der Waals surface area (Å²) in [7, 11) is 0. The van der Waals surface area contributed by atoms with Crippen molar-refractivity contribution in [3.8, 4) is 0 Å². The van der Waals surface area contributed by atoms with Gasteiger partial charge in [0.2, 0.25) is 11.8 Å². The van der Waals surface area contributed by atoms with E-state index in [1.165, 1.54) is 6.42 Å².